The van der Waals surface area contributed by atoms with Crippen molar-refractivity contribution in [1.29, 1.82) is 0 Å². The molecule has 8 heteroatoms. The minimum Gasteiger partial charge on any atom is -0.394 e. The van der Waals surface area contributed by atoms with Crippen molar-refractivity contribution in [2.45, 2.75) is 44.1 Å². The highest BCUT2D eigenvalue weighted by Gasteiger charge is 2.31. The maximum Gasteiger partial charge on any atom is 0.223 e. The normalized spacial score (nSPS) is 24.8. The van der Waals surface area contributed by atoms with Gasteiger partial charge in [-0.2, -0.15) is 0 Å². The van der Waals surface area contributed by atoms with E-state index >= 15 is 0 Å². The molecule has 1 aromatic rings. The Hall–Kier alpha value is -1.93. The predicted octanol–water partition coefficient (Wildman–Crippen LogP) is 1.57. The molecule has 1 fully saturated rings. The molecule has 0 radical (unpaired) electrons. The number of hydrogen-bond acceptors (Lipinski definition) is 5. The number of amides is 2. The monoisotopic (exact) mass is 422 g/mol. The van der Waals surface area contributed by atoms with Gasteiger partial charge in [0.15, 0.2) is 0 Å². The molecule has 7 nitrogen and oxygen atoms in total. The Morgan fingerprint density at radius 2 is 1.93 bits per heavy atom. The third-order valence-corrected chi connectivity index (χ3v) is 5.55. The molecule has 158 valence electrons. The van der Waals surface area contributed by atoms with Crippen LogP contribution in [0.2, 0.25) is 5.02 Å². The van der Waals surface area contributed by atoms with Crippen LogP contribution in [0, 0.1) is 5.92 Å². The van der Waals surface area contributed by atoms with E-state index in [0.29, 0.717) is 37.6 Å². The van der Waals surface area contributed by atoms with Gasteiger partial charge in [0.05, 0.1) is 25.2 Å². The van der Waals surface area contributed by atoms with Crippen molar-refractivity contribution < 1.29 is 24.2 Å². The largest absolute Gasteiger partial charge is 0.394 e. The van der Waals surface area contributed by atoms with E-state index in [1.165, 1.54) is 0 Å². The molecule has 2 heterocycles. The van der Waals surface area contributed by atoms with E-state index in [-0.39, 0.29) is 30.8 Å². The smallest absolute Gasteiger partial charge is 0.223 e. The van der Waals surface area contributed by atoms with Crippen LogP contribution in [-0.4, -0.2) is 55.0 Å². The highest BCUT2D eigenvalue weighted by Crippen LogP contribution is 2.19. The molecule has 3 N–H and O–H groups in total. The minimum atomic E-state index is -0.592. The van der Waals surface area contributed by atoms with E-state index in [1.807, 2.05) is 18.2 Å². The van der Waals surface area contributed by atoms with Gasteiger partial charge < -0.3 is 25.2 Å². The van der Waals surface area contributed by atoms with Crippen LogP contribution < -0.4 is 10.6 Å². The lowest BCUT2D eigenvalue weighted by Gasteiger charge is -2.33. The number of aliphatic hydroxyl groups is 1. The van der Waals surface area contributed by atoms with Gasteiger partial charge in [0, 0.05) is 30.7 Å². The molecule has 0 saturated carbocycles. The van der Waals surface area contributed by atoms with Gasteiger partial charge in [0.25, 0.3) is 0 Å². The van der Waals surface area contributed by atoms with Gasteiger partial charge in [-0.15, -0.1) is 0 Å². The van der Waals surface area contributed by atoms with Crippen LogP contribution in [-0.2, 0) is 25.6 Å². The van der Waals surface area contributed by atoms with Crippen molar-refractivity contribution in [1.82, 2.24) is 10.6 Å². The lowest BCUT2D eigenvalue weighted by atomic mass is 9.97. The molecule has 0 aliphatic carbocycles. The lowest BCUT2D eigenvalue weighted by Crippen LogP contribution is -2.50. The van der Waals surface area contributed by atoms with Gasteiger partial charge in [-0.3, -0.25) is 9.59 Å². The zero-order chi connectivity index (χ0) is 20.6. The first-order chi connectivity index (χ1) is 14.1. The third-order valence-electron chi connectivity index (χ3n) is 5.18. The van der Waals surface area contributed by atoms with Gasteiger partial charge >= 0.3 is 0 Å². The number of benzene rings is 1. The standard InChI is InChI=1S/C21H27ClN2O5/c22-17-4-2-1-3-15(17)12-23-20(26)11-16-5-6-18(19(13-25)29-16)24-21(27)14-7-9-28-10-8-14/h1-6,14,16,18-19,25H,7-13H2,(H,23,26)(H,24,27)/t16-,18-,19+/m0/s1. The van der Waals surface area contributed by atoms with E-state index in [1.54, 1.807) is 18.2 Å². The fraction of sp³-hybridized carbons (Fsp3) is 0.524. The average molecular weight is 423 g/mol. The number of nitrogens with one attached hydrogen (secondary N) is 2. The Balaban J connectivity index is 1.49. The fourth-order valence-corrected chi connectivity index (χ4v) is 3.67. The van der Waals surface area contributed by atoms with Crippen molar-refractivity contribution in [3.63, 3.8) is 0 Å². The van der Waals surface area contributed by atoms with E-state index in [9.17, 15) is 14.7 Å². The molecule has 3 rings (SSSR count). The first kappa shape index (κ1) is 21.8. The van der Waals surface area contributed by atoms with E-state index in [0.717, 1.165) is 5.56 Å². The second-order valence-corrected chi connectivity index (χ2v) is 7.68. The van der Waals surface area contributed by atoms with Gasteiger partial charge in [-0.25, -0.2) is 0 Å². The predicted molar refractivity (Wildman–Crippen MR) is 108 cm³/mol. The van der Waals surface area contributed by atoms with Crippen molar-refractivity contribution in [2.24, 2.45) is 5.92 Å². The number of hydrogen-bond donors (Lipinski definition) is 3. The lowest BCUT2D eigenvalue weighted by molar-refractivity contribution is -0.132. The van der Waals surface area contributed by atoms with Crippen molar-refractivity contribution >= 4 is 23.4 Å². The summed E-state index contributed by atoms with van der Waals surface area (Å²) in [4.78, 5) is 24.7. The fourth-order valence-electron chi connectivity index (χ4n) is 3.47. The zero-order valence-corrected chi connectivity index (χ0v) is 16.9. The summed E-state index contributed by atoms with van der Waals surface area (Å²) in [5, 5.41) is 16.0. The minimum absolute atomic E-state index is 0.0547. The topological polar surface area (TPSA) is 96.9 Å². The van der Waals surface area contributed by atoms with Crippen LogP contribution in [0.1, 0.15) is 24.8 Å². The number of ether oxygens (including phenoxy) is 2. The number of rotatable bonds is 7. The van der Waals surface area contributed by atoms with Gasteiger partial charge in [-0.1, -0.05) is 42.0 Å². The zero-order valence-electron chi connectivity index (χ0n) is 16.2. The molecule has 29 heavy (non-hydrogen) atoms. The number of aliphatic hydroxyl groups excluding tert-OH is 1. The molecule has 1 aromatic carbocycles. The number of carbonyl (C=O) groups excluding carboxylic acids is 2. The molecule has 0 spiro atoms. The maximum absolute atomic E-state index is 12.4. The molecule has 3 atom stereocenters. The molecule has 2 aliphatic heterocycles. The Morgan fingerprint density at radius 1 is 1.17 bits per heavy atom. The summed E-state index contributed by atoms with van der Waals surface area (Å²) in [6.07, 6.45) is 4.02. The molecular formula is C21H27ClN2O5. The van der Waals surface area contributed by atoms with Crippen molar-refractivity contribution in [3.8, 4) is 0 Å². The van der Waals surface area contributed by atoms with Gasteiger partial charge in [0.1, 0.15) is 6.10 Å². The Kier molecular flexibility index (Phi) is 8.06. The van der Waals surface area contributed by atoms with E-state index in [4.69, 9.17) is 21.1 Å². The van der Waals surface area contributed by atoms with Gasteiger partial charge in [-0.05, 0) is 24.5 Å². The Bertz CT molecular complexity index is 736. The SMILES string of the molecule is O=C(C[C@@H]1C=C[C@H](NC(=O)C2CCOCC2)[C@@H](CO)O1)NCc1ccccc1Cl. The molecule has 0 bridgehead atoms. The number of halogens is 1. The Morgan fingerprint density at radius 3 is 2.66 bits per heavy atom. The molecule has 2 aliphatic rings. The summed E-state index contributed by atoms with van der Waals surface area (Å²) in [6.45, 7) is 1.26. The summed E-state index contributed by atoms with van der Waals surface area (Å²) in [5.41, 5.74) is 0.840. The highest BCUT2D eigenvalue weighted by molar-refractivity contribution is 6.31. The summed E-state index contributed by atoms with van der Waals surface area (Å²) in [7, 11) is 0. The van der Waals surface area contributed by atoms with Crippen LogP contribution in [0.3, 0.4) is 0 Å². The first-order valence-corrected chi connectivity index (χ1v) is 10.3. The summed E-state index contributed by atoms with van der Waals surface area (Å²) in [6, 6.07) is 6.91. The third kappa shape index (κ3) is 6.27. The summed E-state index contributed by atoms with van der Waals surface area (Å²) in [5.74, 6) is -0.313. The molecular weight excluding hydrogens is 396 g/mol. The van der Waals surface area contributed by atoms with Crippen LogP contribution in [0.15, 0.2) is 36.4 Å². The van der Waals surface area contributed by atoms with Crippen molar-refractivity contribution in [3.05, 3.63) is 47.0 Å². The average Bonchev–Trinajstić information content (AvgIpc) is 2.74. The van der Waals surface area contributed by atoms with Crippen LogP contribution >= 0.6 is 11.6 Å². The molecule has 0 aromatic heterocycles. The maximum atomic E-state index is 12.4. The van der Waals surface area contributed by atoms with Crippen LogP contribution in [0.5, 0.6) is 0 Å². The Labute approximate surface area is 175 Å². The first-order valence-electron chi connectivity index (χ1n) is 9.89. The van der Waals surface area contributed by atoms with E-state index < -0.39 is 18.2 Å². The second-order valence-electron chi connectivity index (χ2n) is 7.27. The number of carbonyl (C=O) groups is 2. The van der Waals surface area contributed by atoms with Crippen LogP contribution in [0.4, 0.5) is 0 Å². The summed E-state index contributed by atoms with van der Waals surface area (Å²) < 4.78 is 11.1. The van der Waals surface area contributed by atoms with Crippen molar-refractivity contribution in [2.75, 3.05) is 19.8 Å². The quantitative estimate of drug-likeness (QED) is 0.579. The second kappa shape index (κ2) is 10.7. The molecule has 1 saturated heterocycles. The molecule has 2 amide bonds. The van der Waals surface area contributed by atoms with E-state index in [2.05, 4.69) is 10.6 Å². The molecule has 0 unspecified atom stereocenters. The summed E-state index contributed by atoms with van der Waals surface area (Å²) >= 11 is 6.09. The highest BCUT2D eigenvalue weighted by atomic mass is 35.5. The van der Waals surface area contributed by atoms with Gasteiger partial charge in [0.2, 0.25) is 11.8 Å². The van der Waals surface area contributed by atoms with Crippen LogP contribution in [0.25, 0.3) is 0 Å².